The Balaban J connectivity index is 4.11. The van der Waals surface area contributed by atoms with Crippen LogP contribution in [0.5, 0.6) is 0 Å². The minimum atomic E-state index is -0.380. The summed E-state index contributed by atoms with van der Waals surface area (Å²) in [6, 6.07) is 0. The minimum Gasteiger partial charge on any atom is -0.353 e. The monoisotopic (exact) mass is 923 g/mol. The second kappa shape index (κ2) is 55.8. The van der Waals surface area contributed by atoms with Gasteiger partial charge >= 0.3 is 0 Å². The number of hydrogen-bond acceptors (Lipinski definition) is 7. The van der Waals surface area contributed by atoms with Crippen molar-refractivity contribution >= 4 is 0 Å². The molecular weight excluding hydrogens is 809 g/mol. The van der Waals surface area contributed by atoms with Gasteiger partial charge in [-0.1, -0.05) is 207 Å². The molecular formula is C58H114O7. The largest absolute Gasteiger partial charge is 0.353 e. The minimum absolute atomic E-state index is 0.00149. The maximum absolute atomic E-state index is 6.23. The van der Waals surface area contributed by atoms with Crippen LogP contribution in [0.3, 0.4) is 0 Å². The van der Waals surface area contributed by atoms with Crippen LogP contribution in [-0.4, -0.2) is 64.8 Å². The van der Waals surface area contributed by atoms with Crippen molar-refractivity contribution in [1.82, 2.24) is 0 Å². The molecule has 388 valence electrons. The lowest BCUT2D eigenvalue weighted by Crippen LogP contribution is -2.24. The Kier molecular flexibility index (Phi) is 55.1. The zero-order valence-corrected chi connectivity index (χ0v) is 44.6. The van der Waals surface area contributed by atoms with Crippen LogP contribution in [0.1, 0.15) is 286 Å². The summed E-state index contributed by atoms with van der Waals surface area (Å²) in [7, 11) is 0. The predicted octanol–water partition coefficient (Wildman–Crippen LogP) is 18.5. The van der Waals surface area contributed by atoms with E-state index in [-0.39, 0.29) is 25.2 Å². The van der Waals surface area contributed by atoms with E-state index in [4.69, 9.17) is 33.2 Å². The van der Waals surface area contributed by atoms with Crippen LogP contribution in [0.2, 0.25) is 0 Å². The fraction of sp³-hybridized carbons (Fsp3) is 0.931. The second-order valence-corrected chi connectivity index (χ2v) is 18.7. The fourth-order valence-corrected chi connectivity index (χ4v) is 8.18. The van der Waals surface area contributed by atoms with Crippen LogP contribution in [0.15, 0.2) is 24.3 Å². The van der Waals surface area contributed by atoms with Crippen molar-refractivity contribution in [3.05, 3.63) is 24.3 Å². The van der Waals surface area contributed by atoms with Gasteiger partial charge in [0.1, 0.15) is 0 Å². The van der Waals surface area contributed by atoms with Crippen molar-refractivity contribution < 1.29 is 33.2 Å². The Hall–Kier alpha value is -0.800. The van der Waals surface area contributed by atoms with Crippen molar-refractivity contribution in [2.75, 3.05) is 39.6 Å². The van der Waals surface area contributed by atoms with Crippen LogP contribution < -0.4 is 0 Å². The fourth-order valence-electron chi connectivity index (χ4n) is 8.18. The smallest absolute Gasteiger partial charge is 0.180 e. The van der Waals surface area contributed by atoms with E-state index in [1.807, 2.05) is 13.8 Å². The van der Waals surface area contributed by atoms with E-state index in [0.717, 1.165) is 77.8 Å². The van der Waals surface area contributed by atoms with Gasteiger partial charge in [0.05, 0.1) is 0 Å². The normalized spacial score (nSPS) is 13.2. The van der Waals surface area contributed by atoms with Crippen LogP contribution in [0.25, 0.3) is 0 Å². The highest BCUT2D eigenvalue weighted by atomic mass is 16.8. The zero-order valence-electron chi connectivity index (χ0n) is 44.6. The SMILES string of the molecule is CCCCCCOC(CCCCCCCCCCCC=CC(OCC)OC(C=CCCCCCCCCCCCC(OCCCCCC)OCCCCCC)OCC)OCCCCCC. The quantitative estimate of drug-likeness (QED) is 0.0342. The maximum atomic E-state index is 6.23. The first-order chi connectivity index (χ1) is 32.1. The molecule has 0 aromatic carbocycles. The number of hydrogen-bond donors (Lipinski definition) is 0. The molecule has 2 atom stereocenters. The zero-order chi connectivity index (χ0) is 47.2. The van der Waals surface area contributed by atoms with Gasteiger partial charge in [0.25, 0.3) is 0 Å². The Labute approximate surface area is 406 Å². The van der Waals surface area contributed by atoms with Crippen molar-refractivity contribution in [3.8, 4) is 0 Å². The third-order valence-electron chi connectivity index (χ3n) is 12.3. The molecule has 0 rings (SSSR count). The third-order valence-corrected chi connectivity index (χ3v) is 12.3. The first-order valence-corrected chi connectivity index (χ1v) is 28.8. The molecule has 0 fully saturated rings. The van der Waals surface area contributed by atoms with Gasteiger partial charge in [-0.2, -0.15) is 0 Å². The summed E-state index contributed by atoms with van der Waals surface area (Å²) in [6.07, 6.45) is 55.4. The average Bonchev–Trinajstić information content (AvgIpc) is 3.31. The van der Waals surface area contributed by atoms with E-state index < -0.39 is 0 Å². The molecule has 0 N–H and O–H groups in total. The molecule has 0 aliphatic rings. The second-order valence-electron chi connectivity index (χ2n) is 18.7. The van der Waals surface area contributed by atoms with E-state index in [1.54, 1.807) is 0 Å². The Morgan fingerprint density at radius 1 is 0.277 bits per heavy atom. The highest BCUT2D eigenvalue weighted by Crippen LogP contribution is 2.18. The summed E-state index contributed by atoms with van der Waals surface area (Å²) in [5.41, 5.74) is 0. The highest BCUT2D eigenvalue weighted by molar-refractivity contribution is 4.89. The number of allylic oxidation sites excluding steroid dienone is 2. The predicted molar refractivity (Wildman–Crippen MR) is 280 cm³/mol. The molecule has 7 heteroatoms. The van der Waals surface area contributed by atoms with E-state index in [0.29, 0.717) is 13.2 Å². The van der Waals surface area contributed by atoms with E-state index in [9.17, 15) is 0 Å². The molecule has 0 saturated carbocycles. The lowest BCUT2D eigenvalue weighted by atomic mass is 10.1. The van der Waals surface area contributed by atoms with Crippen molar-refractivity contribution in [3.63, 3.8) is 0 Å². The molecule has 0 aliphatic heterocycles. The van der Waals surface area contributed by atoms with Gasteiger partial charge in [-0.05, 0) is 103 Å². The molecule has 7 nitrogen and oxygen atoms in total. The number of rotatable bonds is 56. The molecule has 2 unspecified atom stereocenters. The topological polar surface area (TPSA) is 64.6 Å². The molecule has 0 radical (unpaired) electrons. The third kappa shape index (κ3) is 49.4. The van der Waals surface area contributed by atoms with E-state index in [2.05, 4.69) is 52.0 Å². The molecule has 0 saturated heterocycles. The first kappa shape index (κ1) is 64.2. The summed E-state index contributed by atoms with van der Waals surface area (Å²) in [6.45, 7) is 17.7. The van der Waals surface area contributed by atoms with Crippen molar-refractivity contribution in [2.45, 2.75) is 311 Å². The summed E-state index contributed by atoms with van der Waals surface area (Å²) < 4.78 is 42.7. The molecule has 0 aromatic heterocycles. The summed E-state index contributed by atoms with van der Waals surface area (Å²) in [4.78, 5) is 0. The van der Waals surface area contributed by atoms with Crippen LogP contribution in [0.4, 0.5) is 0 Å². The molecule has 0 aliphatic carbocycles. The molecule has 65 heavy (non-hydrogen) atoms. The highest BCUT2D eigenvalue weighted by Gasteiger charge is 2.13. The van der Waals surface area contributed by atoms with Gasteiger partial charge in [0.15, 0.2) is 25.2 Å². The summed E-state index contributed by atoms with van der Waals surface area (Å²) >= 11 is 0. The number of ether oxygens (including phenoxy) is 7. The summed E-state index contributed by atoms with van der Waals surface area (Å²) in [5.74, 6) is 0. The van der Waals surface area contributed by atoms with Gasteiger partial charge in [0, 0.05) is 39.6 Å². The maximum Gasteiger partial charge on any atom is 0.180 e. The standard InChI is InChI=1S/C58H114O7/c1-7-13-17-43-51-61-55(62-52-44-18-14-8-2)47-39-35-31-27-23-21-25-29-33-37-41-49-57(59-11-5)65-58(60-12-6)50-42-38-34-30-26-22-24-28-32-36-40-48-56(63-53-45-19-15-9-3)64-54-46-20-16-10-4/h41-42,49-50,55-58H,7-40,43-48,51-54H2,1-6H3. The van der Waals surface area contributed by atoms with Gasteiger partial charge in [-0.25, -0.2) is 0 Å². The Morgan fingerprint density at radius 3 is 0.815 bits per heavy atom. The lowest BCUT2D eigenvalue weighted by molar-refractivity contribution is -0.204. The Bertz CT molecular complexity index is 828. The average molecular weight is 924 g/mol. The van der Waals surface area contributed by atoms with Crippen molar-refractivity contribution in [1.29, 1.82) is 0 Å². The van der Waals surface area contributed by atoms with Crippen LogP contribution in [0, 0.1) is 0 Å². The van der Waals surface area contributed by atoms with Gasteiger partial charge in [-0.3, -0.25) is 0 Å². The van der Waals surface area contributed by atoms with Crippen molar-refractivity contribution in [2.24, 2.45) is 0 Å². The Morgan fingerprint density at radius 2 is 0.538 bits per heavy atom. The number of unbranched alkanes of at least 4 members (excludes halogenated alkanes) is 30. The lowest BCUT2D eigenvalue weighted by Gasteiger charge is -2.20. The molecule has 0 amide bonds. The van der Waals surface area contributed by atoms with Gasteiger partial charge in [-0.15, -0.1) is 0 Å². The van der Waals surface area contributed by atoms with Gasteiger partial charge in [0.2, 0.25) is 0 Å². The van der Waals surface area contributed by atoms with E-state index in [1.165, 1.54) is 193 Å². The molecule has 0 spiro atoms. The summed E-state index contributed by atoms with van der Waals surface area (Å²) in [5, 5.41) is 0. The molecule has 0 bridgehead atoms. The van der Waals surface area contributed by atoms with Crippen LogP contribution >= 0.6 is 0 Å². The molecule has 0 aromatic rings. The first-order valence-electron chi connectivity index (χ1n) is 28.8. The van der Waals surface area contributed by atoms with Crippen LogP contribution in [-0.2, 0) is 33.2 Å². The van der Waals surface area contributed by atoms with Gasteiger partial charge < -0.3 is 33.2 Å². The van der Waals surface area contributed by atoms with E-state index >= 15 is 0 Å². The molecule has 0 heterocycles.